The molecule has 0 aliphatic carbocycles. The average molecular weight is 372 g/mol. The van der Waals surface area contributed by atoms with Gasteiger partial charge < -0.3 is 9.64 Å². The Balaban J connectivity index is 1.58. The largest absolute Gasteiger partial charge is 0.379 e. The minimum Gasteiger partial charge on any atom is -0.379 e. The molecule has 1 N–H and O–H groups in total. The summed E-state index contributed by atoms with van der Waals surface area (Å²) >= 11 is 3.37. The Kier molecular flexibility index (Phi) is 3.84. The average Bonchev–Trinajstić information content (AvgIpc) is 3.48. The van der Waals surface area contributed by atoms with Crippen molar-refractivity contribution in [2.75, 3.05) is 18.1 Å². The van der Waals surface area contributed by atoms with Gasteiger partial charge in [-0.25, -0.2) is 4.98 Å². The molecule has 0 amide bonds. The molecule has 2 atom stereocenters. The zero-order chi connectivity index (χ0) is 16.6. The van der Waals surface area contributed by atoms with E-state index in [0.717, 1.165) is 35.0 Å². The number of aromatic amines is 1. The molecule has 0 aromatic carbocycles. The van der Waals surface area contributed by atoms with Gasteiger partial charge in [0.1, 0.15) is 16.1 Å². The van der Waals surface area contributed by atoms with Gasteiger partial charge in [-0.15, -0.1) is 23.1 Å². The maximum Gasteiger partial charge on any atom is 0.145 e. The van der Waals surface area contributed by atoms with Crippen molar-refractivity contribution >= 4 is 28.8 Å². The third kappa shape index (κ3) is 2.68. The Morgan fingerprint density at radius 1 is 1.36 bits per heavy atom. The summed E-state index contributed by atoms with van der Waals surface area (Å²) in [6.45, 7) is 1.51. The Bertz CT molecular complexity index is 867. The van der Waals surface area contributed by atoms with E-state index in [1.165, 1.54) is 0 Å². The van der Waals surface area contributed by atoms with Gasteiger partial charge in [0, 0.05) is 42.3 Å². The molecule has 0 spiro atoms. The van der Waals surface area contributed by atoms with Gasteiger partial charge in [0.2, 0.25) is 0 Å². The van der Waals surface area contributed by atoms with Crippen molar-refractivity contribution in [3.8, 4) is 10.7 Å². The predicted molar refractivity (Wildman–Crippen MR) is 98.3 cm³/mol. The van der Waals surface area contributed by atoms with Crippen molar-refractivity contribution in [2.45, 2.75) is 17.8 Å². The van der Waals surface area contributed by atoms with Gasteiger partial charge >= 0.3 is 0 Å². The van der Waals surface area contributed by atoms with Crippen LogP contribution in [-0.2, 0) is 4.74 Å². The fourth-order valence-electron chi connectivity index (χ4n) is 3.14. The first-order valence-corrected chi connectivity index (χ1v) is 9.88. The van der Waals surface area contributed by atoms with Gasteiger partial charge in [-0.1, -0.05) is 0 Å². The van der Waals surface area contributed by atoms with Crippen LogP contribution in [0.5, 0.6) is 0 Å². The lowest BCUT2D eigenvalue weighted by Gasteiger charge is -2.23. The van der Waals surface area contributed by atoms with E-state index in [0.29, 0.717) is 12.6 Å². The highest BCUT2D eigenvalue weighted by Crippen LogP contribution is 2.45. The summed E-state index contributed by atoms with van der Waals surface area (Å²) in [4.78, 5) is 6.72. The van der Waals surface area contributed by atoms with Crippen LogP contribution in [0.3, 0.4) is 0 Å². The number of anilines is 1. The van der Waals surface area contributed by atoms with Gasteiger partial charge in [0.25, 0.3) is 0 Å². The second-order valence-corrected chi connectivity index (χ2v) is 7.80. The summed E-state index contributed by atoms with van der Waals surface area (Å²) in [5, 5.41) is 17.0. The molecule has 3 aromatic heterocycles. The van der Waals surface area contributed by atoms with E-state index in [-0.39, 0.29) is 5.37 Å². The van der Waals surface area contributed by atoms with Crippen molar-refractivity contribution in [3.63, 3.8) is 0 Å². The number of thiazole rings is 1. The van der Waals surface area contributed by atoms with Gasteiger partial charge in [0.05, 0.1) is 24.5 Å². The Morgan fingerprint density at radius 3 is 3.12 bits per heavy atom. The lowest BCUT2D eigenvalue weighted by molar-refractivity contribution is 0.184. The van der Waals surface area contributed by atoms with Crippen LogP contribution in [-0.4, -0.2) is 38.2 Å². The molecule has 1 fully saturated rings. The molecule has 0 radical (unpaired) electrons. The van der Waals surface area contributed by atoms with E-state index in [2.05, 4.69) is 37.9 Å². The van der Waals surface area contributed by atoms with E-state index in [9.17, 15) is 0 Å². The van der Waals surface area contributed by atoms with Crippen LogP contribution < -0.4 is 4.90 Å². The standard InChI is InChI=1S/C16H16N6OS2/c1-4-23-10-12(1)22-9-13(14(20-22)15-17-2-5-24-15)21-3-6-25-16(21)11-7-18-19-8-11/h2-3,5-9,12,16H,1,4,10H2,(H,18,19). The van der Waals surface area contributed by atoms with Crippen LogP contribution >= 0.6 is 23.1 Å². The molecular weight excluding hydrogens is 356 g/mol. The van der Waals surface area contributed by atoms with Crippen LogP contribution in [0.2, 0.25) is 0 Å². The van der Waals surface area contributed by atoms with Crippen LogP contribution in [0, 0.1) is 0 Å². The molecule has 5 rings (SSSR count). The molecule has 5 heterocycles. The first-order chi connectivity index (χ1) is 12.4. The SMILES string of the molecule is C1=CN(c2cn(C3CCOC3)nc2-c2nccs2)C(c2cn[nH]c2)S1. The first kappa shape index (κ1) is 15.2. The lowest BCUT2D eigenvalue weighted by Crippen LogP contribution is -2.17. The maximum absolute atomic E-state index is 5.54. The number of ether oxygens (including phenoxy) is 1. The number of rotatable bonds is 4. The van der Waals surface area contributed by atoms with E-state index in [1.54, 1.807) is 23.1 Å². The van der Waals surface area contributed by atoms with Gasteiger partial charge in [-0.3, -0.25) is 9.78 Å². The summed E-state index contributed by atoms with van der Waals surface area (Å²) < 4.78 is 7.58. The number of hydrogen-bond acceptors (Lipinski definition) is 7. The second kappa shape index (κ2) is 6.32. The molecule has 7 nitrogen and oxygen atoms in total. The van der Waals surface area contributed by atoms with Gasteiger partial charge in [0.15, 0.2) is 0 Å². The fraction of sp³-hybridized carbons (Fsp3) is 0.312. The topological polar surface area (TPSA) is 71.9 Å². The number of nitrogens with one attached hydrogen (secondary N) is 1. The van der Waals surface area contributed by atoms with E-state index in [1.807, 2.05) is 28.7 Å². The van der Waals surface area contributed by atoms with Gasteiger partial charge in [-0.05, 0) is 11.8 Å². The number of thioether (sulfide) groups is 1. The number of aromatic nitrogens is 5. The monoisotopic (exact) mass is 372 g/mol. The quantitative estimate of drug-likeness (QED) is 0.757. The minimum absolute atomic E-state index is 0.148. The molecule has 3 aromatic rings. The third-order valence-corrected chi connectivity index (χ3v) is 6.21. The molecule has 128 valence electrons. The van der Waals surface area contributed by atoms with Crippen molar-refractivity contribution in [1.82, 2.24) is 25.0 Å². The number of nitrogens with zero attached hydrogens (tertiary/aromatic N) is 5. The highest BCUT2D eigenvalue weighted by atomic mass is 32.2. The Morgan fingerprint density at radius 2 is 2.36 bits per heavy atom. The minimum atomic E-state index is 0.148. The molecule has 0 saturated carbocycles. The highest BCUT2D eigenvalue weighted by Gasteiger charge is 2.30. The Hall–Kier alpha value is -2.10. The normalized spacial score (nSPS) is 23.0. The van der Waals surface area contributed by atoms with Crippen molar-refractivity contribution in [3.05, 3.63) is 47.3 Å². The molecule has 25 heavy (non-hydrogen) atoms. The maximum atomic E-state index is 5.54. The Labute approximate surface area is 152 Å². The first-order valence-electron chi connectivity index (χ1n) is 8.06. The van der Waals surface area contributed by atoms with E-state index < -0.39 is 0 Å². The molecule has 1 saturated heterocycles. The van der Waals surface area contributed by atoms with Crippen molar-refractivity contribution in [1.29, 1.82) is 0 Å². The predicted octanol–water partition coefficient (Wildman–Crippen LogP) is 3.41. The number of H-pyrrole nitrogens is 1. The van der Waals surface area contributed by atoms with Crippen LogP contribution in [0.15, 0.2) is 41.8 Å². The zero-order valence-electron chi connectivity index (χ0n) is 13.3. The lowest BCUT2D eigenvalue weighted by atomic mass is 10.2. The summed E-state index contributed by atoms with van der Waals surface area (Å²) in [7, 11) is 0. The second-order valence-electron chi connectivity index (χ2n) is 5.91. The van der Waals surface area contributed by atoms with Crippen LogP contribution in [0.4, 0.5) is 5.69 Å². The zero-order valence-corrected chi connectivity index (χ0v) is 14.9. The summed E-state index contributed by atoms with van der Waals surface area (Å²) in [6.07, 6.45) is 10.9. The third-order valence-electron chi connectivity index (χ3n) is 4.39. The molecule has 9 heteroatoms. The molecule has 2 aliphatic rings. The smallest absolute Gasteiger partial charge is 0.145 e. The van der Waals surface area contributed by atoms with Crippen LogP contribution in [0.1, 0.15) is 23.4 Å². The van der Waals surface area contributed by atoms with Crippen molar-refractivity contribution < 1.29 is 4.74 Å². The molecular formula is C16H16N6OS2. The highest BCUT2D eigenvalue weighted by molar-refractivity contribution is 8.02. The molecule has 2 aliphatic heterocycles. The molecule has 2 unspecified atom stereocenters. The summed E-state index contributed by atoms with van der Waals surface area (Å²) in [6, 6.07) is 0.291. The summed E-state index contributed by atoms with van der Waals surface area (Å²) in [5.74, 6) is 0. The van der Waals surface area contributed by atoms with Crippen LogP contribution in [0.25, 0.3) is 10.7 Å². The fourth-order valence-corrected chi connectivity index (χ4v) is 4.72. The van der Waals surface area contributed by atoms with E-state index in [4.69, 9.17) is 9.84 Å². The van der Waals surface area contributed by atoms with Gasteiger partial charge in [-0.2, -0.15) is 10.2 Å². The number of hydrogen-bond donors (Lipinski definition) is 1. The molecule has 0 bridgehead atoms. The summed E-state index contributed by atoms with van der Waals surface area (Å²) in [5.41, 5.74) is 3.12. The van der Waals surface area contributed by atoms with E-state index >= 15 is 0 Å². The van der Waals surface area contributed by atoms with Crippen molar-refractivity contribution in [2.24, 2.45) is 0 Å².